The molecule has 0 unspecified atom stereocenters. The standard InChI is InChI=1S/C17H25F2NO/c1-13(2)11-20-12-17(5-7-21-8-6-17)10-14-3-4-15(18)16(19)9-14/h3-4,9,13,20H,5-8,10-12H2,1-2H3. The average molecular weight is 297 g/mol. The minimum absolute atomic E-state index is 0.0808. The van der Waals surface area contributed by atoms with Gasteiger partial charge in [0.25, 0.3) is 0 Å². The lowest BCUT2D eigenvalue weighted by atomic mass is 9.75. The summed E-state index contributed by atoms with van der Waals surface area (Å²) in [6.07, 6.45) is 2.67. The van der Waals surface area contributed by atoms with Crippen LogP contribution in [0.4, 0.5) is 8.78 Å². The Morgan fingerprint density at radius 3 is 2.52 bits per heavy atom. The number of benzene rings is 1. The van der Waals surface area contributed by atoms with Gasteiger partial charge in [0.05, 0.1) is 0 Å². The molecule has 1 N–H and O–H groups in total. The molecule has 0 bridgehead atoms. The van der Waals surface area contributed by atoms with Crippen molar-refractivity contribution in [1.82, 2.24) is 5.32 Å². The number of hydrogen-bond acceptors (Lipinski definition) is 2. The SMILES string of the molecule is CC(C)CNCC1(Cc2ccc(F)c(F)c2)CCOCC1. The van der Waals surface area contributed by atoms with Crippen molar-refractivity contribution in [3.63, 3.8) is 0 Å². The lowest BCUT2D eigenvalue weighted by Crippen LogP contribution is -2.41. The number of ether oxygens (including phenoxy) is 1. The zero-order valence-corrected chi connectivity index (χ0v) is 12.9. The highest BCUT2D eigenvalue weighted by atomic mass is 19.2. The maximum absolute atomic E-state index is 13.4. The Kier molecular flexibility index (Phi) is 5.71. The number of hydrogen-bond donors (Lipinski definition) is 1. The maximum atomic E-state index is 13.4. The van der Waals surface area contributed by atoms with Crippen LogP contribution < -0.4 is 5.32 Å². The monoisotopic (exact) mass is 297 g/mol. The maximum Gasteiger partial charge on any atom is 0.159 e. The molecule has 4 heteroatoms. The van der Waals surface area contributed by atoms with E-state index in [0.29, 0.717) is 5.92 Å². The molecule has 1 heterocycles. The van der Waals surface area contributed by atoms with Crippen LogP contribution in [-0.2, 0) is 11.2 Å². The molecule has 0 amide bonds. The van der Waals surface area contributed by atoms with Gasteiger partial charge in [-0.05, 0) is 54.8 Å². The fraction of sp³-hybridized carbons (Fsp3) is 0.647. The molecule has 0 saturated carbocycles. The van der Waals surface area contributed by atoms with Gasteiger partial charge in [-0.15, -0.1) is 0 Å². The van der Waals surface area contributed by atoms with E-state index in [9.17, 15) is 8.78 Å². The Bertz CT molecular complexity index is 456. The molecule has 0 atom stereocenters. The van der Waals surface area contributed by atoms with E-state index >= 15 is 0 Å². The van der Waals surface area contributed by atoms with Gasteiger partial charge in [0.15, 0.2) is 11.6 Å². The van der Waals surface area contributed by atoms with Gasteiger partial charge in [-0.2, -0.15) is 0 Å². The van der Waals surface area contributed by atoms with Crippen LogP contribution in [0.5, 0.6) is 0 Å². The second kappa shape index (κ2) is 7.32. The van der Waals surface area contributed by atoms with E-state index in [4.69, 9.17) is 4.74 Å². The second-order valence-corrected chi connectivity index (χ2v) is 6.56. The van der Waals surface area contributed by atoms with Gasteiger partial charge >= 0.3 is 0 Å². The fourth-order valence-electron chi connectivity index (χ4n) is 2.93. The van der Waals surface area contributed by atoms with Crippen molar-refractivity contribution >= 4 is 0 Å². The highest BCUT2D eigenvalue weighted by Gasteiger charge is 2.32. The molecular formula is C17H25F2NO. The Hall–Kier alpha value is -1.00. The Labute approximate surface area is 125 Å². The van der Waals surface area contributed by atoms with Crippen molar-refractivity contribution in [3.8, 4) is 0 Å². The molecule has 0 radical (unpaired) electrons. The largest absolute Gasteiger partial charge is 0.381 e. The first-order chi connectivity index (χ1) is 10.0. The summed E-state index contributed by atoms with van der Waals surface area (Å²) in [6, 6.07) is 4.24. The minimum atomic E-state index is -0.780. The molecule has 1 aromatic carbocycles. The molecule has 0 spiro atoms. The number of nitrogens with one attached hydrogen (secondary N) is 1. The fourth-order valence-corrected chi connectivity index (χ4v) is 2.93. The molecule has 2 rings (SSSR count). The van der Waals surface area contributed by atoms with Gasteiger partial charge in [-0.25, -0.2) is 8.78 Å². The number of halogens is 2. The first-order valence-electron chi connectivity index (χ1n) is 7.73. The summed E-state index contributed by atoms with van der Waals surface area (Å²) in [5.41, 5.74) is 0.944. The molecule has 1 saturated heterocycles. The molecule has 1 aromatic rings. The highest BCUT2D eigenvalue weighted by Crippen LogP contribution is 2.34. The smallest absolute Gasteiger partial charge is 0.159 e. The van der Waals surface area contributed by atoms with Gasteiger partial charge in [0.1, 0.15) is 0 Å². The first-order valence-corrected chi connectivity index (χ1v) is 7.73. The van der Waals surface area contributed by atoms with Crippen LogP contribution in [0, 0.1) is 23.0 Å². The van der Waals surface area contributed by atoms with Gasteiger partial charge in [-0.1, -0.05) is 19.9 Å². The van der Waals surface area contributed by atoms with E-state index in [2.05, 4.69) is 19.2 Å². The molecule has 0 aromatic heterocycles. The summed E-state index contributed by atoms with van der Waals surface area (Å²) in [4.78, 5) is 0. The van der Waals surface area contributed by atoms with E-state index in [1.807, 2.05) is 0 Å². The number of rotatable bonds is 6. The highest BCUT2D eigenvalue weighted by molar-refractivity contribution is 5.19. The zero-order valence-electron chi connectivity index (χ0n) is 12.9. The zero-order chi connectivity index (χ0) is 15.3. The second-order valence-electron chi connectivity index (χ2n) is 6.56. The first kappa shape index (κ1) is 16.4. The van der Waals surface area contributed by atoms with E-state index in [0.717, 1.165) is 51.1 Å². The van der Waals surface area contributed by atoms with Crippen molar-refractivity contribution in [2.24, 2.45) is 11.3 Å². The summed E-state index contributed by atoms with van der Waals surface area (Å²) >= 11 is 0. The predicted molar refractivity (Wildman–Crippen MR) is 80.3 cm³/mol. The quantitative estimate of drug-likeness (QED) is 0.867. The van der Waals surface area contributed by atoms with Gasteiger partial charge in [-0.3, -0.25) is 0 Å². The van der Waals surface area contributed by atoms with Gasteiger partial charge < -0.3 is 10.1 Å². The van der Waals surface area contributed by atoms with Crippen molar-refractivity contribution < 1.29 is 13.5 Å². The molecule has 2 nitrogen and oxygen atoms in total. The topological polar surface area (TPSA) is 21.3 Å². The van der Waals surface area contributed by atoms with Crippen molar-refractivity contribution in [3.05, 3.63) is 35.4 Å². The van der Waals surface area contributed by atoms with Crippen LogP contribution in [0.1, 0.15) is 32.3 Å². The van der Waals surface area contributed by atoms with Crippen molar-refractivity contribution in [1.29, 1.82) is 0 Å². The summed E-state index contributed by atoms with van der Waals surface area (Å²) in [5, 5.41) is 3.52. The van der Waals surface area contributed by atoms with E-state index in [1.165, 1.54) is 12.1 Å². The molecule has 1 fully saturated rings. The predicted octanol–water partition coefficient (Wildman–Crippen LogP) is 3.55. The molecule has 0 aliphatic carbocycles. The van der Waals surface area contributed by atoms with Crippen LogP contribution in [0.25, 0.3) is 0 Å². The third-order valence-corrected chi connectivity index (χ3v) is 4.17. The third kappa shape index (κ3) is 4.75. The van der Waals surface area contributed by atoms with Crippen LogP contribution in [0.3, 0.4) is 0 Å². The molecule has 118 valence electrons. The van der Waals surface area contributed by atoms with Gasteiger partial charge in [0.2, 0.25) is 0 Å². The summed E-state index contributed by atoms with van der Waals surface area (Å²) < 4.78 is 31.9. The Morgan fingerprint density at radius 1 is 1.19 bits per heavy atom. The van der Waals surface area contributed by atoms with Crippen LogP contribution >= 0.6 is 0 Å². The molecule has 21 heavy (non-hydrogen) atoms. The molecule has 1 aliphatic heterocycles. The van der Waals surface area contributed by atoms with Crippen molar-refractivity contribution in [2.45, 2.75) is 33.1 Å². The summed E-state index contributed by atoms with van der Waals surface area (Å²) in [6.45, 7) is 7.71. The Balaban J connectivity index is 2.05. The third-order valence-electron chi connectivity index (χ3n) is 4.17. The normalized spacial score (nSPS) is 18.1. The van der Waals surface area contributed by atoms with Crippen LogP contribution in [0.2, 0.25) is 0 Å². The Morgan fingerprint density at radius 2 is 1.90 bits per heavy atom. The molecular weight excluding hydrogens is 272 g/mol. The van der Waals surface area contributed by atoms with Crippen molar-refractivity contribution in [2.75, 3.05) is 26.3 Å². The van der Waals surface area contributed by atoms with Crippen LogP contribution in [0.15, 0.2) is 18.2 Å². The molecule has 1 aliphatic rings. The summed E-state index contributed by atoms with van der Waals surface area (Å²) in [5.74, 6) is -0.937. The summed E-state index contributed by atoms with van der Waals surface area (Å²) in [7, 11) is 0. The minimum Gasteiger partial charge on any atom is -0.381 e. The van der Waals surface area contributed by atoms with Crippen LogP contribution in [-0.4, -0.2) is 26.3 Å². The lowest BCUT2D eigenvalue weighted by Gasteiger charge is -2.38. The van der Waals surface area contributed by atoms with E-state index in [1.54, 1.807) is 6.07 Å². The average Bonchev–Trinajstić information content (AvgIpc) is 2.43. The van der Waals surface area contributed by atoms with Gasteiger partial charge in [0, 0.05) is 19.8 Å². The van der Waals surface area contributed by atoms with E-state index < -0.39 is 11.6 Å². The van der Waals surface area contributed by atoms with E-state index in [-0.39, 0.29) is 5.41 Å². The lowest BCUT2D eigenvalue weighted by molar-refractivity contribution is 0.0147.